The number of H-pyrrole nitrogens is 2. The number of aromatic amines is 2. The molecule has 0 aliphatic rings. The van der Waals surface area contributed by atoms with Crippen molar-refractivity contribution in [1.29, 1.82) is 0 Å². The Morgan fingerprint density at radius 2 is 0.935 bits per heavy atom. The van der Waals surface area contributed by atoms with Crippen molar-refractivity contribution in [3.8, 4) is 11.4 Å². The second kappa shape index (κ2) is 12.3. The number of hydrogen-bond acceptors (Lipinski definition) is 4. The summed E-state index contributed by atoms with van der Waals surface area (Å²) in [6.45, 7) is 12.9. The van der Waals surface area contributed by atoms with Crippen molar-refractivity contribution in [2.45, 2.75) is 52.4 Å². The first kappa shape index (κ1) is 26.4. The molecule has 0 radical (unpaired) electrons. The van der Waals surface area contributed by atoms with Gasteiger partial charge in [-0.15, -0.1) is 0 Å². The fraction of sp³-hybridized carbons (Fsp3) is 0.333. The van der Waals surface area contributed by atoms with Gasteiger partial charge in [-0.25, -0.2) is 0 Å². The molecule has 6 nitrogen and oxygen atoms in total. The Balaban J connectivity index is 0.000000233. The molecule has 0 spiro atoms. The minimum Gasteiger partial charge on any atom is -0.282 e. The van der Waals surface area contributed by atoms with Crippen LogP contribution in [0.3, 0.4) is 0 Å². The predicted octanol–water partition coefficient (Wildman–Crippen LogP) is 5.56. The molecule has 0 saturated heterocycles. The van der Waals surface area contributed by atoms with Crippen LogP contribution >= 0.6 is 0 Å². The quantitative estimate of drug-likeness (QED) is 0.301. The number of hydrogen-bond donors (Lipinski definition) is 2. The van der Waals surface area contributed by atoms with Crippen molar-refractivity contribution in [3.05, 3.63) is 84.7 Å². The third-order valence-electron chi connectivity index (χ3n) is 4.21. The zero-order valence-electron chi connectivity index (χ0n) is 19.0. The van der Waals surface area contributed by atoms with E-state index in [1.54, 1.807) is 24.8 Å². The molecule has 31 heavy (non-hydrogen) atoms. The van der Waals surface area contributed by atoms with E-state index >= 15 is 0 Å². The second-order valence-electron chi connectivity index (χ2n) is 8.87. The largest absolute Gasteiger partial charge is 0.282 e. The number of aromatic nitrogens is 6. The van der Waals surface area contributed by atoms with Gasteiger partial charge in [-0.05, 0) is 36.4 Å². The van der Waals surface area contributed by atoms with Gasteiger partial charge in [0.25, 0.3) is 0 Å². The van der Waals surface area contributed by atoms with Crippen molar-refractivity contribution in [3.63, 3.8) is 0 Å². The predicted molar refractivity (Wildman–Crippen MR) is 122 cm³/mol. The normalized spacial score (nSPS) is 10.6. The third-order valence-corrected chi connectivity index (χ3v) is 4.21. The summed E-state index contributed by atoms with van der Waals surface area (Å²) in [5.41, 5.74) is 4.61. The van der Waals surface area contributed by atoms with Gasteiger partial charge in [0.1, 0.15) is 0 Å². The molecule has 4 rings (SSSR count). The Kier molecular flexibility index (Phi) is 10.5. The van der Waals surface area contributed by atoms with E-state index in [2.05, 4.69) is 71.9 Å². The molecule has 2 N–H and O–H groups in total. The van der Waals surface area contributed by atoms with E-state index < -0.39 is 0 Å². The van der Waals surface area contributed by atoms with Crippen molar-refractivity contribution < 1.29 is 21.1 Å². The summed E-state index contributed by atoms with van der Waals surface area (Å²) in [5.74, 6) is 0. The SMILES string of the molecule is CC(C)(C)c1ccn[nH]1.CC(C)(C)c1ccn[nH]1.[Pt].c1ccc(-c2ccccn2)nc1. The molecule has 0 atom stereocenters. The summed E-state index contributed by atoms with van der Waals surface area (Å²) in [6.07, 6.45) is 7.09. The molecular formula is C24H32N6Pt. The van der Waals surface area contributed by atoms with Crippen LogP contribution < -0.4 is 0 Å². The summed E-state index contributed by atoms with van der Waals surface area (Å²) in [7, 11) is 0. The standard InChI is InChI=1S/C10H8N2.2C7H12N2.Pt/c1-3-7-11-9(5-1)10-6-2-4-8-12-10;2*1-7(2,3)6-4-5-8-9-6;/h1-8H;2*4-5H,1-3H3,(H,8,9);. The molecule has 0 unspecified atom stereocenters. The van der Waals surface area contributed by atoms with Crippen LogP contribution in [0.25, 0.3) is 11.4 Å². The summed E-state index contributed by atoms with van der Waals surface area (Å²) in [6, 6.07) is 15.6. The Labute approximate surface area is 199 Å². The van der Waals surface area contributed by atoms with Gasteiger partial charge >= 0.3 is 0 Å². The Morgan fingerprint density at radius 1 is 0.548 bits per heavy atom. The van der Waals surface area contributed by atoms with Crippen LogP contribution in [0.1, 0.15) is 52.9 Å². The molecule has 4 aromatic rings. The van der Waals surface area contributed by atoms with E-state index in [1.807, 2.05) is 48.5 Å². The topological polar surface area (TPSA) is 83.1 Å². The molecule has 0 aliphatic carbocycles. The van der Waals surface area contributed by atoms with E-state index in [0.717, 1.165) is 11.4 Å². The van der Waals surface area contributed by atoms with E-state index in [0.29, 0.717) is 0 Å². The number of nitrogens with one attached hydrogen (secondary N) is 2. The first-order valence-corrected chi connectivity index (χ1v) is 10.00. The van der Waals surface area contributed by atoms with E-state index in [-0.39, 0.29) is 31.9 Å². The Hall–Kier alpha value is -2.59. The zero-order chi connectivity index (χ0) is 22.0. The van der Waals surface area contributed by atoms with Crippen LogP contribution in [0.5, 0.6) is 0 Å². The molecule has 0 aliphatic heterocycles. The average molecular weight is 600 g/mol. The number of pyridine rings is 2. The Morgan fingerprint density at radius 3 is 1.13 bits per heavy atom. The molecule has 7 heteroatoms. The minimum absolute atomic E-state index is 0. The maximum absolute atomic E-state index is 4.19. The van der Waals surface area contributed by atoms with Gasteiger partial charge in [0, 0.05) is 68.1 Å². The number of nitrogens with zero attached hydrogens (tertiary/aromatic N) is 4. The van der Waals surface area contributed by atoms with Gasteiger partial charge in [0.05, 0.1) is 11.4 Å². The Bertz CT molecular complexity index is 857. The maximum atomic E-state index is 4.19. The second-order valence-corrected chi connectivity index (χ2v) is 8.87. The van der Waals surface area contributed by atoms with Crippen LogP contribution in [0.15, 0.2) is 73.3 Å². The van der Waals surface area contributed by atoms with Crippen LogP contribution in [0.4, 0.5) is 0 Å². The van der Waals surface area contributed by atoms with Gasteiger partial charge in [-0.1, -0.05) is 53.7 Å². The maximum Gasteiger partial charge on any atom is 0.0886 e. The fourth-order valence-corrected chi connectivity index (χ4v) is 2.38. The minimum atomic E-state index is 0. The third kappa shape index (κ3) is 9.39. The summed E-state index contributed by atoms with van der Waals surface area (Å²) in [5, 5.41) is 13.6. The van der Waals surface area contributed by atoms with E-state index in [9.17, 15) is 0 Å². The van der Waals surface area contributed by atoms with Gasteiger partial charge in [0.15, 0.2) is 0 Å². The molecule has 4 heterocycles. The van der Waals surface area contributed by atoms with Crippen LogP contribution in [-0.4, -0.2) is 30.4 Å². The molecule has 0 aromatic carbocycles. The molecular weight excluding hydrogens is 567 g/mol. The van der Waals surface area contributed by atoms with Gasteiger partial charge in [0.2, 0.25) is 0 Å². The number of rotatable bonds is 1. The van der Waals surface area contributed by atoms with Gasteiger partial charge in [-0.3, -0.25) is 20.2 Å². The first-order valence-electron chi connectivity index (χ1n) is 10.00. The van der Waals surface area contributed by atoms with Gasteiger partial charge < -0.3 is 0 Å². The molecule has 0 bridgehead atoms. The fourth-order valence-electron chi connectivity index (χ4n) is 2.38. The average Bonchev–Trinajstić information content (AvgIpc) is 3.44. The van der Waals surface area contributed by atoms with Crippen LogP contribution in [0.2, 0.25) is 0 Å². The van der Waals surface area contributed by atoms with Gasteiger partial charge in [-0.2, -0.15) is 10.2 Å². The van der Waals surface area contributed by atoms with Crippen LogP contribution in [-0.2, 0) is 31.9 Å². The molecule has 168 valence electrons. The summed E-state index contributed by atoms with van der Waals surface area (Å²) < 4.78 is 0. The van der Waals surface area contributed by atoms with Crippen molar-refractivity contribution >= 4 is 0 Å². The molecule has 4 aromatic heterocycles. The van der Waals surface area contributed by atoms with Crippen molar-refractivity contribution in [2.75, 3.05) is 0 Å². The first-order chi connectivity index (χ1) is 14.2. The monoisotopic (exact) mass is 599 g/mol. The van der Waals surface area contributed by atoms with Crippen molar-refractivity contribution in [2.24, 2.45) is 0 Å². The smallest absolute Gasteiger partial charge is 0.0886 e. The molecule has 0 saturated carbocycles. The van der Waals surface area contributed by atoms with E-state index in [1.165, 1.54) is 11.4 Å². The summed E-state index contributed by atoms with van der Waals surface area (Å²) in [4.78, 5) is 8.37. The van der Waals surface area contributed by atoms with E-state index in [4.69, 9.17) is 0 Å². The zero-order valence-corrected chi connectivity index (χ0v) is 21.3. The molecule has 0 amide bonds. The summed E-state index contributed by atoms with van der Waals surface area (Å²) >= 11 is 0. The van der Waals surface area contributed by atoms with Crippen LogP contribution in [0, 0.1) is 0 Å². The van der Waals surface area contributed by atoms with Crippen molar-refractivity contribution in [1.82, 2.24) is 30.4 Å². The molecule has 0 fully saturated rings.